The number of hydrogen-bond donors (Lipinski definition) is 1. The molecular weight excluding hydrogens is 552 g/mol. The van der Waals surface area contributed by atoms with E-state index in [-0.39, 0.29) is 23.3 Å². The van der Waals surface area contributed by atoms with Crippen molar-refractivity contribution in [2.45, 2.75) is 69.6 Å². The summed E-state index contributed by atoms with van der Waals surface area (Å²) < 4.78 is 30.6. The topological polar surface area (TPSA) is 104 Å². The van der Waals surface area contributed by atoms with E-state index in [0.29, 0.717) is 29.8 Å². The van der Waals surface area contributed by atoms with Crippen LogP contribution in [0.5, 0.6) is 0 Å². The number of fused-ring (bicyclic) bond motifs is 2. The Balaban J connectivity index is 1.60. The molecular formula is C33H38N2O6S. The molecule has 0 aromatic heterocycles. The first-order chi connectivity index (χ1) is 19.7. The van der Waals surface area contributed by atoms with Gasteiger partial charge < -0.3 is 14.7 Å². The van der Waals surface area contributed by atoms with Crippen LogP contribution < -0.4 is 4.90 Å². The van der Waals surface area contributed by atoms with Crippen molar-refractivity contribution >= 4 is 33.2 Å². The Kier molecular flexibility index (Phi) is 7.48. The van der Waals surface area contributed by atoms with Crippen molar-refractivity contribution in [3.8, 4) is 11.1 Å². The van der Waals surface area contributed by atoms with E-state index >= 15 is 0 Å². The molecule has 1 spiro atoms. The fourth-order valence-corrected chi connectivity index (χ4v) is 7.54. The summed E-state index contributed by atoms with van der Waals surface area (Å²) in [7, 11) is -3.57. The quantitative estimate of drug-likeness (QED) is 0.401. The van der Waals surface area contributed by atoms with Crippen molar-refractivity contribution in [3.05, 3.63) is 77.9 Å². The number of ether oxygens (including phenoxy) is 1. The molecule has 2 atom stereocenters. The van der Waals surface area contributed by atoms with E-state index in [9.17, 15) is 23.1 Å². The minimum absolute atomic E-state index is 0.0252. The molecule has 2 heterocycles. The Bertz CT molecular complexity index is 1660. The maximum Gasteiger partial charge on any atom is 0.410 e. The lowest BCUT2D eigenvalue weighted by Crippen LogP contribution is -2.53. The number of aliphatic hydroxyl groups is 1. The zero-order valence-electron chi connectivity index (χ0n) is 24.9. The van der Waals surface area contributed by atoms with E-state index in [1.54, 1.807) is 28.0 Å². The minimum Gasteiger partial charge on any atom is -0.444 e. The number of anilines is 2. The number of hydrogen-bond acceptors (Lipinski definition) is 6. The fourth-order valence-electron chi connectivity index (χ4n) is 6.59. The van der Waals surface area contributed by atoms with Gasteiger partial charge in [0, 0.05) is 18.5 Å². The number of nitrogens with zero attached hydrogens (tertiary/aromatic N) is 2. The zero-order chi connectivity index (χ0) is 30.6. The molecule has 8 nitrogen and oxygen atoms in total. The lowest BCUT2D eigenvalue weighted by Gasteiger charge is -2.37. The van der Waals surface area contributed by atoms with Crippen LogP contribution in [0.15, 0.2) is 71.6 Å². The first-order valence-corrected chi connectivity index (χ1v) is 16.1. The van der Waals surface area contributed by atoms with Crippen LogP contribution in [0.1, 0.15) is 52.2 Å². The Morgan fingerprint density at radius 1 is 1.05 bits per heavy atom. The monoisotopic (exact) mass is 590 g/mol. The van der Waals surface area contributed by atoms with Crippen LogP contribution in [-0.2, 0) is 31.4 Å². The standard InChI is InChI=1S/C33H38N2O6S/c1-21(2)29-33(16-17-34(29)31(38)41-32(3,4)5)26-12-7-8-13-27(26)35(30(33)37)25-11-9-10-22(18-25)23-14-15-24(20-36)28(19-23)42(6,39)40/h7-15,18-19,21,29,36H,16-17,20H2,1-6H3. The largest absolute Gasteiger partial charge is 0.444 e. The number of carbonyl (C=O) groups excluding carboxylic acids is 2. The maximum atomic E-state index is 14.7. The highest BCUT2D eigenvalue weighted by molar-refractivity contribution is 7.90. The molecule has 0 radical (unpaired) electrons. The summed E-state index contributed by atoms with van der Waals surface area (Å²) in [6.45, 7) is 9.58. The number of para-hydroxylation sites is 1. The molecule has 1 N–H and O–H groups in total. The molecule has 2 amide bonds. The van der Waals surface area contributed by atoms with Crippen molar-refractivity contribution < 1.29 is 27.9 Å². The van der Waals surface area contributed by atoms with Crippen LogP contribution in [0, 0.1) is 5.92 Å². The number of sulfone groups is 1. The minimum atomic E-state index is -3.57. The summed E-state index contributed by atoms with van der Waals surface area (Å²) in [6, 6.07) is 19.7. The van der Waals surface area contributed by atoms with E-state index in [4.69, 9.17) is 4.74 Å². The van der Waals surface area contributed by atoms with Gasteiger partial charge in [-0.15, -0.1) is 0 Å². The van der Waals surface area contributed by atoms with E-state index in [0.717, 1.165) is 23.1 Å². The van der Waals surface area contributed by atoms with Gasteiger partial charge in [0.1, 0.15) is 5.60 Å². The second-order valence-corrected chi connectivity index (χ2v) is 14.5. The molecule has 1 saturated heterocycles. The molecule has 2 aliphatic heterocycles. The molecule has 2 aliphatic rings. The third-order valence-corrected chi connectivity index (χ3v) is 9.31. The van der Waals surface area contributed by atoms with E-state index in [1.807, 2.05) is 83.1 Å². The number of benzene rings is 3. The summed E-state index contributed by atoms with van der Waals surface area (Å²) in [4.78, 5) is 31.6. The van der Waals surface area contributed by atoms with Gasteiger partial charge in [-0.1, -0.05) is 56.3 Å². The van der Waals surface area contributed by atoms with E-state index in [2.05, 4.69) is 0 Å². The smallest absolute Gasteiger partial charge is 0.410 e. The second kappa shape index (κ2) is 10.5. The third-order valence-electron chi connectivity index (χ3n) is 8.13. The summed E-state index contributed by atoms with van der Waals surface area (Å²) in [5.74, 6) is -0.124. The molecule has 42 heavy (non-hydrogen) atoms. The highest BCUT2D eigenvalue weighted by Crippen LogP contribution is 2.54. The Hall–Kier alpha value is -3.69. The molecule has 9 heteroatoms. The van der Waals surface area contributed by atoms with Gasteiger partial charge in [-0.3, -0.25) is 9.69 Å². The first-order valence-electron chi connectivity index (χ1n) is 14.2. The SMILES string of the molecule is CC(C)C1N(C(=O)OC(C)(C)C)CCC12C(=O)N(c1cccc(-c3ccc(CO)c(S(C)(=O)=O)c3)c1)c1ccccc12. The van der Waals surface area contributed by atoms with Crippen LogP contribution in [0.25, 0.3) is 11.1 Å². The molecule has 0 bridgehead atoms. The molecule has 5 rings (SSSR count). The van der Waals surface area contributed by atoms with Crippen LogP contribution in [0.2, 0.25) is 0 Å². The highest BCUT2D eigenvalue weighted by Gasteiger charge is 2.62. The normalized spacial score (nSPS) is 20.5. The van der Waals surface area contributed by atoms with Gasteiger partial charge in [-0.2, -0.15) is 0 Å². The summed E-state index contributed by atoms with van der Waals surface area (Å²) >= 11 is 0. The van der Waals surface area contributed by atoms with Crippen molar-refractivity contribution in [2.24, 2.45) is 5.92 Å². The Labute approximate surface area is 247 Å². The number of aliphatic hydroxyl groups excluding tert-OH is 1. The number of rotatable bonds is 5. The molecule has 222 valence electrons. The van der Waals surface area contributed by atoms with Crippen LogP contribution in [0.4, 0.5) is 16.2 Å². The van der Waals surface area contributed by atoms with Crippen LogP contribution in [-0.4, -0.2) is 54.9 Å². The molecule has 1 fully saturated rings. The van der Waals surface area contributed by atoms with Crippen molar-refractivity contribution in [3.63, 3.8) is 0 Å². The van der Waals surface area contributed by atoms with Gasteiger partial charge in [0.15, 0.2) is 9.84 Å². The lowest BCUT2D eigenvalue weighted by molar-refractivity contribution is -0.123. The van der Waals surface area contributed by atoms with Gasteiger partial charge in [0.05, 0.1) is 28.6 Å². The molecule has 0 saturated carbocycles. The zero-order valence-corrected chi connectivity index (χ0v) is 25.7. The summed E-state index contributed by atoms with van der Waals surface area (Å²) in [5, 5.41) is 9.68. The Morgan fingerprint density at radius 3 is 2.38 bits per heavy atom. The fraction of sp³-hybridized carbons (Fsp3) is 0.394. The van der Waals surface area contributed by atoms with Gasteiger partial charge >= 0.3 is 6.09 Å². The molecule has 3 aromatic carbocycles. The van der Waals surface area contributed by atoms with Gasteiger partial charge in [0.25, 0.3) is 0 Å². The average molecular weight is 591 g/mol. The number of amides is 2. The van der Waals surface area contributed by atoms with E-state index in [1.165, 1.54) is 0 Å². The Morgan fingerprint density at radius 2 is 1.74 bits per heavy atom. The predicted molar refractivity (Wildman–Crippen MR) is 162 cm³/mol. The van der Waals surface area contributed by atoms with Crippen LogP contribution in [0.3, 0.4) is 0 Å². The molecule has 3 aromatic rings. The number of carbonyl (C=O) groups is 2. The molecule has 0 aliphatic carbocycles. The second-order valence-electron chi connectivity index (χ2n) is 12.5. The predicted octanol–water partition coefficient (Wildman–Crippen LogP) is 5.83. The summed E-state index contributed by atoms with van der Waals surface area (Å²) in [5.41, 5.74) is 2.41. The highest BCUT2D eigenvalue weighted by atomic mass is 32.2. The van der Waals surface area contributed by atoms with Crippen molar-refractivity contribution in [1.82, 2.24) is 4.90 Å². The van der Waals surface area contributed by atoms with Gasteiger partial charge in [0.2, 0.25) is 5.91 Å². The van der Waals surface area contributed by atoms with Gasteiger partial charge in [-0.05, 0) is 79.6 Å². The maximum absolute atomic E-state index is 14.7. The van der Waals surface area contributed by atoms with E-state index < -0.39 is 33.0 Å². The first kappa shape index (κ1) is 29.8. The molecule has 2 unspecified atom stereocenters. The van der Waals surface area contributed by atoms with Crippen molar-refractivity contribution in [1.29, 1.82) is 0 Å². The summed E-state index contributed by atoms with van der Waals surface area (Å²) in [6.07, 6.45) is 1.17. The average Bonchev–Trinajstić information content (AvgIpc) is 3.44. The lowest BCUT2D eigenvalue weighted by atomic mass is 9.71. The van der Waals surface area contributed by atoms with Crippen LogP contribution >= 0.6 is 0 Å². The van der Waals surface area contributed by atoms with Gasteiger partial charge in [-0.25, -0.2) is 13.2 Å². The van der Waals surface area contributed by atoms with Crippen molar-refractivity contribution in [2.75, 3.05) is 17.7 Å². The third kappa shape index (κ3) is 4.98. The number of likely N-dealkylation sites (tertiary alicyclic amines) is 1.